The molecule has 2 rings (SSSR count). The minimum atomic E-state index is -0.518. The van der Waals surface area contributed by atoms with Gasteiger partial charge in [-0.25, -0.2) is 9.59 Å². The summed E-state index contributed by atoms with van der Waals surface area (Å²) in [6.45, 7) is 0. The van der Waals surface area contributed by atoms with Gasteiger partial charge in [-0.15, -0.1) is 0 Å². The highest BCUT2D eigenvalue weighted by molar-refractivity contribution is 6.20. The fourth-order valence-electron chi connectivity index (χ4n) is 1.86. The average molecular weight is 286 g/mol. The molecule has 0 bridgehead atoms. The molecule has 0 saturated carbocycles. The lowest BCUT2D eigenvalue weighted by molar-refractivity contribution is -0.135. The van der Waals surface area contributed by atoms with Crippen molar-refractivity contribution in [3.63, 3.8) is 0 Å². The van der Waals surface area contributed by atoms with E-state index in [0.29, 0.717) is 16.7 Å². The molecule has 0 aliphatic carbocycles. The number of rotatable bonds is 4. The molecule has 0 unspecified atom stereocenters. The van der Waals surface area contributed by atoms with Crippen LogP contribution >= 0.6 is 0 Å². The molecule has 0 fully saturated rings. The van der Waals surface area contributed by atoms with Crippen molar-refractivity contribution < 1.29 is 23.5 Å². The van der Waals surface area contributed by atoms with Crippen molar-refractivity contribution in [1.82, 2.24) is 0 Å². The number of methoxy groups -OCH3 is 2. The van der Waals surface area contributed by atoms with Crippen LogP contribution in [0.2, 0.25) is 0 Å². The second kappa shape index (κ2) is 6.56. The summed E-state index contributed by atoms with van der Waals surface area (Å²) in [6.07, 6.45) is 5.62. The summed E-state index contributed by atoms with van der Waals surface area (Å²) in [5, 5.41) is 0.792. The highest BCUT2D eigenvalue weighted by Crippen LogP contribution is 2.27. The van der Waals surface area contributed by atoms with E-state index >= 15 is 0 Å². The first kappa shape index (κ1) is 14.6. The molecule has 0 aliphatic rings. The van der Waals surface area contributed by atoms with Gasteiger partial charge in [-0.2, -0.15) is 0 Å². The van der Waals surface area contributed by atoms with Gasteiger partial charge in [0, 0.05) is 17.0 Å². The van der Waals surface area contributed by atoms with Crippen LogP contribution in [0.1, 0.15) is 5.56 Å². The van der Waals surface area contributed by atoms with Gasteiger partial charge in [-0.3, -0.25) is 0 Å². The number of benzene rings is 1. The van der Waals surface area contributed by atoms with Crippen molar-refractivity contribution >= 4 is 28.5 Å². The second-order valence-electron chi connectivity index (χ2n) is 4.10. The Bertz CT molecular complexity index is 721. The third-order valence-corrected chi connectivity index (χ3v) is 2.87. The van der Waals surface area contributed by atoms with E-state index in [0.717, 1.165) is 5.39 Å². The molecular weight excluding hydrogens is 272 g/mol. The van der Waals surface area contributed by atoms with Crippen molar-refractivity contribution in [2.24, 2.45) is 0 Å². The minimum Gasteiger partial charge on any atom is -0.466 e. The monoisotopic (exact) mass is 286 g/mol. The summed E-state index contributed by atoms with van der Waals surface area (Å²) >= 11 is 0. The quantitative estimate of drug-likeness (QED) is 0.491. The van der Waals surface area contributed by atoms with Gasteiger partial charge >= 0.3 is 11.9 Å². The van der Waals surface area contributed by atoms with E-state index in [-0.39, 0.29) is 0 Å². The van der Waals surface area contributed by atoms with Gasteiger partial charge in [0.15, 0.2) is 0 Å². The van der Waals surface area contributed by atoms with Gasteiger partial charge in [0.1, 0.15) is 5.58 Å². The van der Waals surface area contributed by atoms with Crippen LogP contribution < -0.4 is 0 Å². The number of carbonyl (C=O) groups is 2. The van der Waals surface area contributed by atoms with Gasteiger partial charge in [0.05, 0.1) is 26.1 Å². The Morgan fingerprint density at radius 2 is 1.90 bits per heavy atom. The number of hydrogen-bond acceptors (Lipinski definition) is 5. The smallest absolute Gasteiger partial charge is 0.338 e. The van der Waals surface area contributed by atoms with Crippen molar-refractivity contribution in [1.29, 1.82) is 0 Å². The van der Waals surface area contributed by atoms with E-state index in [1.54, 1.807) is 6.07 Å². The first-order chi connectivity index (χ1) is 10.2. The molecule has 0 saturated heterocycles. The molecule has 0 atom stereocenters. The van der Waals surface area contributed by atoms with Crippen LogP contribution in [0, 0.1) is 0 Å². The Morgan fingerprint density at radius 3 is 2.62 bits per heavy atom. The molecular formula is C16H14O5. The lowest BCUT2D eigenvalue weighted by Gasteiger charge is -2.02. The number of carbonyl (C=O) groups excluding carboxylic acids is 2. The van der Waals surface area contributed by atoms with E-state index in [4.69, 9.17) is 9.15 Å². The average Bonchev–Trinajstić information content (AvgIpc) is 2.94. The van der Waals surface area contributed by atoms with Crippen molar-refractivity contribution in [3.8, 4) is 0 Å². The number of para-hydroxylation sites is 1. The zero-order valence-electron chi connectivity index (χ0n) is 11.7. The van der Waals surface area contributed by atoms with Crippen LogP contribution in [0.25, 0.3) is 16.5 Å². The maximum absolute atomic E-state index is 11.9. The second-order valence-corrected chi connectivity index (χ2v) is 4.10. The Kier molecular flexibility index (Phi) is 4.56. The maximum atomic E-state index is 11.9. The number of fused-ring (bicyclic) bond motifs is 1. The van der Waals surface area contributed by atoms with Gasteiger partial charge in [-0.05, 0) is 12.1 Å². The number of allylic oxidation sites excluding steroid dienone is 2. The first-order valence-electron chi connectivity index (χ1n) is 6.18. The fraction of sp³-hybridized carbons (Fsp3) is 0.125. The first-order valence-corrected chi connectivity index (χ1v) is 6.18. The maximum Gasteiger partial charge on any atom is 0.338 e. The van der Waals surface area contributed by atoms with E-state index in [1.165, 1.54) is 38.7 Å². The molecule has 0 spiro atoms. The van der Waals surface area contributed by atoms with E-state index in [9.17, 15) is 9.59 Å². The van der Waals surface area contributed by atoms with Gasteiger partial charge in [0.25, 0.3) is 0 Å². The van der Waals surface area contributed by atoms with Crippen LogP contribution in [0.5, 0.6) is 0 Å². The highest BCUT2D eigenvalue weighted by atomic mass is 16.5. The minimum absolute atomic E-state index is 0.294. The lowest BCUT2D eigenvalue weighted by atomic mass is 10.0. The summed E-state index contributed by atoms with van der Waals surface area (Å²) < 4.78 is 14.7. The van der Waals surface area contributed by atoms with Crippen LogP contribution in [-0.2, 0) is 19.1 Å². The molecule has 1 heterocycles. The number of hydrogen-bond donors (Lipinski definition) is 0. The topological polar surface area (TPSA) is 65.7 Å². The summed E-state index contributed by atoms with van der Waals surface area (Å²) in [7, 11) is 2.57. The molecule has 108 valence electrons. The molecule has 0 N–H and O–H groups in total. The number of esters is 2. The fourth-order valence-corrected chi connectivity index (χ4v) is 1.86. The van der Waals surface area contributed by atoms with Crippen molar-refractivity contribution in [3.05, 3.63) is 54.3 Å². The molecule has 0 amide bonds. The summed E-state index contributed by atoms with van der Waals surface area (Å²) in [5.41, 5.74) is 1.56. The normalized spacial score (nSPS) is 11.8. The third-order valence-electron chi connectivity index (χ3n) is 2.87. The molecule has 5 nitrogen and oxygen atoms in total. The molecule has 0 radical (unpaired) electrons. The van der Waals surface area contributed by atoms with Crippen LogP contribution in [0.3, 0.4) is 0 Å². The van der Waals surface area contributed by atoms with E-state index in [2.05, 4.69) is 4.74 Å². The Labute approximate surface area is 121 Å². The van der Waals surface area contributed by atoms with E-state index < -0.39 is 11.9 Å². The number of ether oxygens (including phenoxy) is 2. The van der Waals surface area contributed by atoms with Gasteiger partial charge in [0.2, 0.25) is 0 Å². The summed E-state index contributed by atoms with van der Waals surface area (Å²) in [6, 6.07) is 7.34. The zero-order valence-corrected chi connectivity index (χ0v) is 11.7. The predicted octanol–water partition coefficient (Wildman–Crippen LogP) is 2.72. The van der Waals surface area contributed by atoms with Gasteiger partial charge < -0.3 is 13.9 Å². The Balaban J connectivity index is 2.46. The predicted molar refractivity (Wildman–Crippen MR) is 77.4 cm³/mol. The summed E-state index contributed by atoms with van der Waals surface area (Å²) in [5.74, 6) is -1.02. The molecule has 5 heteroatoms. The van der Waals surface area contributed by atoms with Gasteiger partial charge in [-0.1, -0.05) is 24.3 Å². The summed E-state index contributed by atoms with van der Waals surface area (Å²) in [4.78, 5) is 23.0. The highest BCUT2D eigenvalue weighted by Gasteiger charge is 2.16. The molecule has 21 heavy (non-hydrogen) atoms. The Morgan fingerprint density at radius 1 is 1.14 bits per heavy atom. The largest absolute Gasteiger partial charge is 0.466 e. The van der Waals surface area contributed by atoms with Crippen LogP contribution in [0.15, 0.2) is 53.2 Å². The molecule has 2 aromatic rings. The number of furan rings is 1. The van der Waals surface area contributed by atoms with Crippen LogP contribution in [-0.4, -0.2) is 26.2 Å². The van der Waals surface area contributed by atoms with E-state index in [1.807, 2.05) is 18.2 Å². The standard InChI is InChI=1S/C16H14O5/c1-19-15(17)9-5-7-12(16(18)20-2)13-10-21-14-8-4-3-6-11(13)14/h3-10H,1-2H3. The van der Waals surface area contributed by atoms with Crippen LogP contribution in [0.4, 0.5) is 0 Å². The molecule has 1 aromatic heterocycles. The lowest BCUT2D eigenvalue weighted by Crippen LogP contribution is -2.03. The van der Waals surface area contributed by atoms with Crippen molar-refractivity contribution in [2.75, 3.05) is 14.2 Å². The Hall–Kier alpha value is -2.82. The zero-order chi connectivity index (χ0) is 15.2. The third kappa shape index (κ3) is 3.20. The molecule has 1 aromatic carbocycles. The SMILES string of the molecule is COC(=O)C=CC=C(C(=O)OC)c1coc2ccccc12. The van der Waals surface area contributed by atoms with Crippen molar-refractivity contribution in [2.45, 2.75) is 0 Å². The molecule has 0 aliphatic heterocycles.